The van der Waals surface area contributed by atoms with E-state index >= 15 is 0 Å². The molecule has 0 bridgehead atoms. The summed E-state index contributed by atoms with van der Waals surface area (Å²) in [5, 5.41) is 5.24. The predicted octanol–water partition coefficient (Wildman–Crippen LogP) is 0.710. The van der Waals surface area contributed by atoms with E-state index in [1.165, 1.54) is 0 Å². The van der Waals surface area contributed by atoms with Crippen molar-refractivity contribution in [3.63, 3.8) is 0 Å². The summed E-state index contributed by atoms with van der Waals surface area (Å²) in [6.45, 7) is 6.31. The van der Waals surface area contributed by atoms with E-state index in [0.717, 1.165) is 0 Å². The topological polar surface area (TPSA) is 47.0 Å². The fourth-order valence-corrected chi connectivity index (χ4v) is 1.38. The molecule has 1 aromatic heterocycles. The van der Waals surface area contributed by atoms with Crippen molar-refractivity contribution in [3.05, 3.63) is 24.5 Å². The molecule has 0 amide bonds. The lowest BCUT2D eigenvalue weighted by atomic mass is 10.1. The Bertz CT molecular complexity index is 313. The molecule has 0 fully saturated rings. The maximum Gasteiger partial charge on any atom is 0.170 e. The van der Waals surface area contributed by atoms with Gasteiger partial charge in [-0.15, -0.1) is 0 Å². The molecule has 0 aliphatic carbocycles. The van der Waals surface area contributed by atoms with Gasteiger partial charge in [-0.25, -0.2) is 13.9 Å². The Morgan fingerprint density at radius 3 is 2.08 bits per heavy atom. The van der Waals surface area contributed by atoms with Crippen molar-refractivity contribution in [2.45, 2.75) is 31.2 Å². The number of pyridine rings is 1. The largest absolute Gasteiger partial charge is 0.248 e. The first-order valence-corrected chi connectivity index (χ1v) is 5.30. The molecule has 0 saturated heterocycles. The molecule has 1 unspecified atom stereocenters. The summed E-state index contributed by atoms with van der Waals surface area (Å²) in [7, 11) is -1.38. The van der Waals surface area contributed by atoms with Crippen molar-refractivity contribution in [2.24, 2.45) is 5.14 Å². The minimum absolute atomic E-state index is 0.0502. The molecule has 1 rings (SSSR count). The molecule has 0 saturated carbocycles. The zero-order valence-corrected chi connectivity index (χ0v) is 8.97. The van der Waals surface area contributed by atoms with E-state index in [-0.39, 0.29) is 5.54 Å². The summed E-state index contributed by atoms with van der Waals surface area (Å²) >= 11 is 0. The summed E-state index contributed by atoms with van der Waals surface area (Å²) in [5.41, 5.74) is 0.0502. The monoisotopic (exact) mass is 199 g/mol. The van der Waals surface area contributed by atoms with Gasteiger partial charge in [0, 0.05) is 32.9 Å². The first kappa shape index (κ1) is 10.3. The summed E-state index contributed by atoms with van der Waals surface area (Å²) in [5.74, 6) is 0. The van der Waals surface area contributed by atoms with Crippen LogP contribution in [0.1, 0.15) is 20.8 Å². The van der Waals surface area contributed by atoms with Crippen LogP contribution in [0.15, 0.2) is 29.4 Å². The van der Waals surface area contributed by atoms with Gasteiger partial charge in [0.1, 0.15) is 11.0 Å². The standard InChI is InChI=1S/C9H15N2OS/c1-9(2,3)11-6-4-8(5-7-11)13(10)12/h4-7H,10H2,1-3H3/q+1. The minimum atomic E-state index is -1.38. The molecule has 4 heteroatoms. The van der Waals surface area contributed by atoms with Crippen LogP contribution in [0.5, 0.6) is 0 Å². The summed E-state index contributed by atoms with van der Waals surface area (Å²) in [6, 6.07) is 3.56. The molecule has 3 nitrogen and oxygen atoms in total. The number of rotatable bonds is 1. The second kappa shape index (κ2) is 3.55. The molecule has 1 aromatic rings. The van der Waals surface area contributed by atoms with Gasteiger partial charge in [0.25, 0.3) is 0 Å². The van der Waals surface area contributed by atoms with Crippen molar-refractivity contribution < 1.29 is 8.78 Å². The summed E-state index contributed by atoms with van der Waals surface area (Å²) in [6.07, 6.45) is 3.78. The van der Waals surface area contributed by atoms with E-state index < -0.39 is 11.0 Å². The fourth-order valence-electron chi connectivity index (χ4n) is 0.994. The van der Waals surface area contributed by atoms with Crippen molar-refractivity contribution in [1.82, 2.24) is 0 Å². The molecule has 1 atom stereocenters. The van der Waals surface area contributed by atoms with Crippen LogP contribution in [-0.2, 0) is 16.5 Å². The van der Waals surface area contributed by atoms with Gasteiger partial charge in [0.05, 0.1) is 4.90 Å². The average molecular weight is 199 g/mol. The number of nitrogens with zero attached hydrogens (tertiary/aromatic N) is 1. The molecule has 0 aliphatic rings. The quantitative estimate of drug-likeness (QED) is 0.665. The molecule has 2 N–H and O–H groups in total. The third kappa shape index (κ3) is 2.60. The van der Waals surface area contributed by atoms with Gasteiger partial charge in [0.2, 0.25) is 0 Å². The third-order valence-corrected chi connectivity index (χ3v) is 2.54. The van der Waals surface area contributed by atoms with Crippen LogP contribution in [0.25, 0.3) is 0 Å². The first-order chi connectivity index (χ1) is 5.91. The molecule has 0 aliphatic heterocycles. The number of hydrogen-bond acceptors (Lipinski definition) is 1. The molecule has 0 spiro atoms. The normalized spacial score (nSPS) is 14.2. The Balaban J connectivity index is 3.01. The molecular weight excluding hydrogens is 184 g/mol. The maximum atomic E-state index is 10.9. The first-order valence-electron chi connectivity index (χ1n) is 4.09. The van der Waals surface area contributed by atoms with E-state index in [1.807, 2.05) is 17.0 Å². The number of aromatic nitrogens is 1. The second-order valence-electron chi connectivity index (χ2n) is 3.91. The number of hydrogen-bond donors (Lipinski definition) is 1. The van der Waals surface area contributed by atoms with Crippen LogP contribution in [0.2, 0.25) is 0 Å². The average Bonchev–Trinajstić information content (AvgIpc) is 2.03. The van der Waals surface area contributed by atoms with E-state index in [9.17, 15) is 4.21 Å². The highest BCUT2D eigenvalue weighted by Gasteiger charge is 2.20. The molecule has 0 aromatic carbocycles. The van der Waals surface area contributed by atoms with Crippen LogP contribution in [0, 0.1) is 0 Å². The van der Waals surface area contributed by atoms with Gasteiger partial charge in [0.15, 0.2) is 17.9 Å². The molecule has 13 heavy (non-hydrogen) atoms. The van der Waals surface area contributed by atoms with Gasteiger partial charge in [-0.1, -0.05) is 0 Å². The Morgan fingerprint density at radius 2 is 1.77 bits per heavy atom. The zero-order chi connectivity index (χ0) is 10.1. The summed E-state index contributed by atoms with van der Waals surface area (Å²) in [4.78, 5) is 0.653. The van der Waals surface area contributed by atoms with Crippen molar-refractivity contribution in [2.75, 3.05) is 0 Å². The van der Waals surface area contributed by atoms with Crippen LogP contribution in [0.4, 0.5) is 0 Å². The van der Waals surface area contributed by atoms with Gasteiger partial charge < -0.3 is 0 Å². The van der Waals surface area contributed by atoms with E-state index in [2.05, 4.69) is 20.8 Å². The predicted molar refractivity (Wildman–Crippen MR) is 52.2 cm³/mol. The minimum Gasteiger partial charge on any atom is -0.248 e. The summed E-state index contributed by atoms with van der Waals surface area (Å²) < 4.78 is 12.9. The highest BCUT2D eigenvalue weighted by molar-refractivity contribution is 7.82. The molecule has 1 heterocycles. The smallest absolute Gasteiger partial charge is 0.170 e. The third-order valence-electron chi connectivity index (χ3n) is 1.81. The second-order valence-corrected chi connectivity index (χ2v) is 4.98. The van der Waals surface area contributed by atoms with Crippen LogP contribution in [-0.4, -0.2) is 4.21 Å². The molecular formula is C9H15N2OS+. The van der Waals surface area contributed by atoms with Gasteiger partial charge in [-0.05, 0) is 0 Å². The van der Waals surface area contributed by atoms with Crippen LogP contribution >= 0.6 is 0 Å². The lowest BCUT2D eigenvalue weighted by Gasteiger charge is -2.12. The Morgan fingerprint density at radius 1 is 1.31 bits per heavy atom. The van der Waals surface area contributed by atoms with Crippen molar-refractivity contribution in [3.8, 4) is 0 Å². The highest BCUT2D eigenvalue weighted by Crippen LogP contribution is 2.05. The fraction of sp³-hybridized carbons (Fsp3) is 0.444. The van der Waals surface area contributed by atoms with Gasteiger partial charge in [-0.3, -0.25) is 0 Å². The van der Waals surface area contributed by atoms with E-state index in [4.69, 9.17) is 5.14 Å². The molecule has 0 radical (unpaired) electrons. The Labute approximate surface area is 81.2 Å². The van der Waals surface area contributed by atoms with Gasteiger partial charge in [-0.2, -0.15) is 0 Å². The maximum absolute atomic E-state index is 10.9. The van der Waals surface area contributed by atoms with Crippen molar-refractivity contribution in [1.29, 1.82) is 0 Å². The zero-order valence-electron chi connectivity index (χ0n) is 8.15. The van der Waals surface area contributed by atoms with Gasteiger partial charge >= 0.3 is 0 Å². The van der Waals surface area contributed by atoms with E-state index in [0.29, 0.717) is 4.90 Å². The van der Waals surface area contributed by atoms with Crippen LogP contribution < -0.4 is 9.71 Å². The Kier molecular flexibility index (Phi) is 2.83. The Hall–Kier alpha value is -0.740. The number of nitrogens with two attached hydrogens (primary N) is 1. The highest BCUT2D eigenvalue weighted by atomic mass is 32.2. The van der Waals surface area contributed by atoms with Crippen LogP contribution in [0.3, 0.4) is 0 Å². The SMILES string of the molecule is CC(C)(C)[n+]1ccc(S(N)=O)cc1. The van der Waals surface area contributed by atoms with E-state index in [1.54, 1.807) is 12.1 Å². The molecule has 72 valence electrons. The van der Waals surface area contributed by atoms with Crippen molar-refractivity contribution >= 4 is 11.0 Å². The lowest BCUT2D eigenvalue weighted by molar-refractivity contribution is -0.754. The lowest BCUT2D eigenvalue weighted by Crippen LogP contribution is -2.49.